The highest BCUT2D eigenvalue weighted by Crippen LogP contribution is 2.26. The Balaban J connectivity index is 1.64. The molecule has 3 aromatic rings. The number of hydrogen-bond acceptors (Lipinski definition) is 8. The van der Waals surface area contributed by atoms with Crippen molar-refractivity contribution in [3.63, 3.8) is 0 Å². The van der Waals surface area contributed by atoms with E-state index in [2.05, 4.69) is 15.3 Å². The van der Waals surface area contributed by atoms with E-state index in [1.54, 1.807) is 19.2 Å². The Bertz CT molecular complexity index is 883. The van der Waals surface area contributed by atoms with Gasteiger partial charge in [-0.2, -0.15) is 0 Å². The maximum Gasteiger partial charge on any atom is 0.357 e. The van der Waals surface area contributed by atoms with Crippen molar-refractivity contribution in [2.45, 2.75) is 20.3 Å². The summed E-state index contributed by atoms with van der Waals surface area (Å²) in [5, 5.41) is 6.48. The molecule has 0 fully saturated rings. The van der Waals surface area contributed by atoms with Crippen molar-refractivity contribution in [2.75, 3.05) is 11.9 Å². The SMILES string of the molecule is CCOC(=O)c1csc(NC(=O)Cc2nc(-c3cccs3)oc2C)n1. The molecular weight excluding hydrogens is 362 g/mol. The van der Waals surface area contributed by atoms with Crippen LogP contribution in [0.25, 0.3) is 10.8 Å². The number of anilines is 1. The number of carbonyl (C=O) groups is 2. The van der Waals surface area contributed by atoms with E-state index in [1.807, 2.05) is 17.5 Å². The molecule has 0 radical (unpaired) electrons. The van der Waals surface area contributed by atoms with Crippen LogP contribution in [0, 0.1) is 6.92 Å². The molecule has 3 heterocycles. The van der Waals surface area contributed by atoms with Crippen molar-refractivity contribution in [3.05, 3.63) is 40.0 Å². The van der Waals surface area contributed by atoms with E-state index in [0.717, 1.165) is 16.2 Å². The van der Waals surface area contributed by atoms with Crippen LogP contribution in [0.1, 0.15) is 28.9 Å². The third-order valence-electron chi connectivity index (χ3n) is 3.19. The van der Waals surface area contributed by atoms with Gasteiger partial charge in [0, 0.05) is 5.38 Å². The van der Waals surface area contributed by atoms with Crippen LogP contribution in [-0.2, 0) is 16.0 Å². The maximum atomic E-state index is 12.2. The second-order valence-electron chi connectivity index (χ2n) is 4.98. The number of oxazole rings is 1. The number of thiazole rings is 1. The van der Waals surface area contributed by atoms with E-state index < -0.39 is 5.97 Å². The first-order valence-corrected chi connectivity index (χ1v) is 9.25. The molecule has 0 saturated heterocycles. The van der Waals surface area contributed by atoms with Crippen LogP contribution in [0.3, 0.4) is 0 Å². The van der Waals surface area contributed by atoms with Crippen LogP contribution in [0.2, 0.25) is 0 Å². The average molecular weight is 377 g/mol. The van der Waals surface area contributed by atoms with E-state index in [9.17, 15) is 9.59 Å². The van der Waals surface area contributed by atoms with E-state index in [-0.39, 0.29) is 24.6 Å². The molecule has 130 valence electrons. The molecule has 0 spiro atoms. The fourth-order valence-electron chi connectivity index (χ4n) is 2.04. The largest absolute Gasteiger partial charge is 0.461 e. The van der Waals surface area contributed by atoms with Crippen molar-refractivity contribution in [1.82, 2.24) is 9.97 Å². The molecule has 25 heavy (non-hydrogen) atoms. The second kappa shape index (κ2) is 7.58. The Morgan fingerprint density at radius 2 is 2.16 bits per heavy atom. The number of carbonyl (C=O) groups excluding carboxylic acids is 2. The van der Waals surface area contributed by atoms with Crippen LogP contribution < -0.4 is 5.32 Å². The fourth-order valence-corrected chi connectivity index (χ4v) is 3.39. The van der Waals surface area contributed by atoms with Crippen LogP contribution >= 0.6 is 22.7 Å². The number of aromatic nitrogens is 2. The highest BCUT2D eigenvalue weighted by atomic mass is 32.1. The summed E-state index contributed by atoms with van der Waals surface area (Å²) in [5.74, 6) is 0.324. The molecule has 0 aromatic carbocycles. The van der Waals surface area contributed by atoms with Crippen molar-refractivity contribution >= 4 is 39.7 Å². The summed E-state index contributed by atoms with van der Waals surface area (Å²) < 4.78 is 10.5. The minimum Gasteiger partial charge on any atom is -0.461 e. The Labute approximate surface area is 151 Å². The van der Waals surface area contributed by atoms with E-state index in [0.29, 0.717) is 22.5 Å². The van der Waals surface area contributed by atoms with Crippen LogP contribution in [0.5, 0.6) is 0 Å². The maximum absolute atomic E-state index is 12.2. The predicted octanol–water partition coefficient (Wildman–Crippen LogP) is 3.53. The lowest BCUT2D eigenvalue weighted by molar-refractivity contribution is -0.115. The number of hydrogen-bond donors (Lipinski definition) is 1. The number of aryl methyl sites for hydroxylation is 1. The van der Waals surface area contributed by atoms with Gasteiger partial charge in [0.2, 0.25) is 11.8 Å². The highest BCUT2D eigenvalue weighted by Gasteiger charge is 2.17. The summed E-state index contributed by atoms with van der Waals surface area (Å²) in [5.41, 5.74) is 0.753. The molecule has 0 saturated carbocycles. The molecule has 3 rings (SSSR count). The molecular formula is C16H15N3O4S2. The molecule has 0 aliphatic carbocycles. The lowest BCUT2D eigenvalue weighted by Crippen LogP contribution is -2.15. The van der Waals surface area contributed by atoms with Gasteiger partial charge in [-0.05, 0) is 25.3 Å². The van der Waals surface area contributed by atoms with E-state index in [4.69, 9.17) is 9.15 Å². The number of rotatable bonds is 6. The first-order chi connectivity index (χ1) is 12.1. The van der Waals surface area contributed by atoms with Gasteiger partial charge in [0.05, 0.1) is 23.6 Å². The molecule has 1 amide bonds. The minimum absolute atomic E-state index is 0.0645. The van der Waals surface area contributed by atoms with Gasteiger partial charge in [-0.25, -0.2) is 14.8 Å². The Hall–Kier alpha value is -2.52. The lowest BCUT2D eigenvalue weighted by atomic mass is 10.2. The van der Waals surface area contributed by atoms with Gasteiger partial charge >= 0.3 is 5.97 Å². The predicted molar refractivity (Wildman–Crippen MR) is 95.0 cm³/mol. The third-order valence-corrected chi connectivity index (χ3v) is 4.80. The normalized spacial score (nSPS) is 10.6. The third kappa shape index (κ3) is 4.12. The summed E-state index contributed by atoms with van der Waals surface area (Å²) in [6, 6.07) is 3.82. The van der Waals surface area contributed by atoms with E-state index >= 15 is 0 Å². The van der Waals surface area contributed by atoms with Gasteiger partial charge in [0.15, 0.2) is 10.8 Å². The van der Waals surface area contributed by atoms with Crippen LogP contribution in [0.15, 0.2) is 27.3 Å². The quantitative estimate of drug-likeness (QED) is 0.661. The van der Waals surface area contributed by atoms with Crippen molar-refractivity contribution in [2.24, 2.45) is 0 Å². The molecule has 9 heteroatoms. The van der Waals surface area contributed by atoms with Crippen molar-refractivity contribution < 1.29 is 18.7 Å². The lowest BCUT2D eigenvalue weighted by Gasteiger charge is -2.00. The number of ether oxygens (including phenoxy) is 1. The average Bonchev–Trinajstić information content (AvgIpc) is 3.29. The number of nitrogens with zero attached hydrogens (tertiary/aromatic N) is 2. The second-order valence-corrected chi connectivity index (χ2v) is 6.79. The smallest absolute Gasteiger partial charge is 0.357 e. The number of esters is 1. The Kier molecular flexibility index (Phi) is 5.25. The number of thiophene rings is 1. The van der Waals surface area contributed by atoms with Gasteiger partial charge in [-0.15, -0.1) is 22.7 Å². The molecule has 3 aromatic heterocycles. The number of amides is 1. The monoisotopic (exact) mass is 377 g/mol. The number of nitrogens with one attached hydrogen (secondary N) is 1. The minimum atomic E-state index is -0.507. The van der Waals surface area contributed by atoms with Gasteiger partial charge < -0.3 is 14.5 Å². The molecule has 1 N–H and O–H groups in total. The summed E-state index contributed by atoms with van der Waals surface area (Å²) >= 11 is 2.68. The summed E-state index contributed by atoms with van der Waals surface area (Å²) in [7, 11) is 0. The topological polar surface area (TPSA) is 94.3 Å². The molecule has 0 aliphatic rings. The zero-order chi connectivity index (χ0) is 17.8. The van der Waals surface area contributed by atoms with Gasteiger partial charge in [0.1, 0.15) is 5.76 Å². The summed E-state index contributed by atoms with van der Waals surface area (Å²) in [4.78, 5) is 33.1. The zero-order valence-electron chi connectivity index (χ0n) is 13.6. The summed E-state index contributed by atoms with van der Waals surface area (Å²) in [6.07, 6.45) is 0.0645. The van der Waals surface area contributed by atoms with E-state index in [1.165, 1.54) is 11.3 Å². The molecule has 0 aliphatic heterocycles. The standard InChI is InChI=1S/C16H15N3O4S2/c1-3-22-15(21)11-8-25-16(18-11)19-13(20)7-10-9(2)23-14(17-10)12-5-4-6-24-12/h4-6,8H,3,7H2,1-2H3,(H,18,19,20). The Morgan fingerprint density at radius 3 is 2.88 bits per heavy atom. The van der Waals surface area contributed by atoms with Crippen molar-refractivity contribution in [1.29, 1.82) is 0 Å². The zero-order valence-corrected chi connectivity index (χ0v) is 15.2. The fraction of sp³-hybridized carbons (Fsp3) is 0.250. The van der Waals surface area contributed by atoms with Crippen LogP contribution in [-0.4, -0.2) is 28.5 Å². The van der Waals surface area contributed by atoms with Crippen LogP contribution in [0.4, 0.5) is 5.13 Å². The summed E-state index contributed by atoms with van der Waals surface area (Å²) in [6.45, 7) is 3.77. The molecule has 0 atom stereocenters. The molecule has 0 bridgehead atoms. The molecule has 7 nitrogen and oxygen atoms in total. The van der Waals surface area contributed by atoms with Gasteiger partial charge in [-0.1, -0.05) is 6.07 Å². The first-order valence-electron chi connectivity index (χ1n) is 7.49. The van der Waals surface area contributed by atoms with Crippen molar-refractivity contribution in [3.8, 4) is 10.8 Å². The van der Waals surface area contributed by atoms with Gasteiger partial charge in [0.25, 0.3) is 0 Å². The molecule has 0 unspecified atom stereocenters. The van der Waals surface area contributed by atoms with Gasteiger partial charge in [-0.3, -0.25) is 4.79 Å². The highest BCUT2D eigenvalue weighted by molar-refractivity contribution is 7.14. The first kappa shape index (κ1) is 17.3. The Morgan fingerprint density at radius 1 is 1.32 bits per heavy atom.